The second-order valence-electron chi connectivity index (χ2n) is 6.66. The monoisotopic (exact) mass is 347 g/mol. The highest BCUT2D eigenvalue weighted by Gasteiger charge is 2.32. The number of carbonyl (C=O) groups is 2. The maximum absolute atomic E-state index is 12.8. The number of primary amides is 1. The number of rotatable bonds is 2. The van der Waals surface area contributed by atoms with E-state index < -0.39 is 6.03 Å². The third-order valence-electron chi connectivity index (χ3n) is 4.86. The van der Waals surface area contributed by atoms with Gasteiger partial charge in [0.25, 0.3) is 0 Å². The van der Waals surface area contributed by atoms with Crippen molar-refractivity contribution in [3.8, 4) is 0 Å². The number of nitrogens with two attached hydrogens (primary N) is 2. The van der Waals surface area contributed by atoms with Gasteiger partial charge in [0.2, 0.25) is 11.9 Å². The first-order chi connectivity index (χ1) is 11.9. The lowest BCUT2D eigenvalue weighted by molar-refractivity contribution is -0.137. The van der Waals surface area contributed by atoms with Gasteiger partial charge in [-0.05, 0) is 19.8 Å². The molecule has 0 aliphatic carbocycles. The smallest absolute Gasteiger partial charge is 0.314 e. The van der Waals surface area contributed by atoms with Crippen LogP contribution in [0, 0.1) is 12.8 Å². The maximum Gasteiger partial charge on any atom is 0.314 e. The van der Waals surface area contributed by atoms with Gasteiger partial charge in [0.1, 0.15) is 5.82 Å². The minimum atomic E-state index is -0.445. The standard InChI is InChI=1S/C16H25N7O2/c1-11-9-13(20-15(17)19-11)21-5-7-22(8-6-21)14(24)12-3-2-4-23(10-12)16(18)25/h9,12H,2-8,10H2,1H3,(H2,18,25)(H2,17,19,20)/t12-/m1/s1. The van der Waals surface area contributed by atoms with Gasteiger partial charge in [0, 0.05) is 51.0 Å². The summed E-state index contributed by atoms with van der Waals surface area (Å²) < 4.78 is 0. The molecule has 2 aliphatic heterocycles. The quantitative estimate of drug-likeness (QED) is 0.764. The van der Waals surface area contributed by atoms with E-state index in [4.69, 9.17) is 11.5 Å². The number of urea groups is 1. The molecule has 0 aromatic carbocycles. The van der Waals surface area contributed by atoms with E-state index in [1.54, 1.807) is 4.90 Å². The van der Waals surface area contributed by atoms with Gasteiger partial charge >= 0.3 is 6.03 Å². The SMILES string of the molecule is Cc1cc(N2CCN(C(=O)[C@@H]3CCCN(C(N)=O)C3)CC2)nc(N)n1. The lowest BCUT2D eigenvalue weighted by Crippen LogP contribution is -2.53. The minimum absolute atomic E-state index is 0.115. The summed E-state index contributed by atoms with van der Waals surface area (Å²) in [5.74, 6) is 1.03. The first-order valence-corrected chi connectivity index (χ1v) is 8.63. The Morgan fingerprint density at radius 2 is 1.84 bits per heavy atom. The molecule has 1 aromatic rings. The van der Waals surface area contributed by atoms with E-state index in [9.17, 15) is 9.59 Å². The number of aryl methyl sites for hydroxylation is 1. The minimum Gasteiger partial charge on any atom is -0.368 e. The highest BCUT2D eigenvalue weighted by atomic mass is 16.2. The number of aromatic nitrogens is 2. The Balaban J connectivity index is 1.58. The van der Waals surface area contributed by atoms with Crippen LogP contribution in [-0.2, 0) is 4.79 Å². The third-order valence-corrected chi connectivity index (χ3v) is 4.86. The van der Waals surface area contributed by atoms with Crippen LogP contribution in [0.4, 0.5) is 16.6 Å². The Labute approximate surface area is 147 Å². The molecular weight excluding hydrogens is 322 g/mol. The van der Waals surface area contributed by atoms with E-state index in [-0.39, 0.29) is 17.8 Å². The van der Waals surface area contributed by atoms with Crippen LogP contribution in [0.3, 0.4) is 0 Å². The molecule has 1 aromatic heterocycles. The number of anilines is 2. The first kappa shape index (κ1) is 17.2. The fourth-order valence-corrected chi connectivity index (χ4v) is 3.53. The summed E-state index contributed by atoms with van der Waals surface area (Å²) >= 11 is 0. The molecule has 3 amide bonds. The van der Waals surface area contributed by atoms with Crippen molar-refractivity contribution in [3.05, 3.63) is 11.8 Å². The lowest BCUT2D eigenvalue weighted by atomic mass is 9.96. The van der Waals surface area contributed by atoms with E-state index in [0.717, 1.165) is 24.4 Å². The van der Waals surface area contributed by atoms with Gasteiger partial charge in [-0.25, -0.2) is 9.78 Å². The van der Waals surface area contributed by atoms with Crippen LogP contribution in [0.5, 0.6) is 0 Å². The average molecular weight is 347 g/mol. The van der Waals surface area contributed by atoms with E-state index in [1.807, 2.05) is 17.9 Å². The topological polar surface area (TPSA) is 122 Å². The maximum atomic E-state index is 12.8. The van der Waals surface area contributed by atoms with Gasteiger partial charge in [-0.15, -0.1) is 0 Å². The number of piperidine rings is 1. The number of hydrogen-bond donors (Lipinski definition) is 2. The number of carbonyl (C=O) groups excluding carboxylic acids is 2. The highest BCUT2D eigenvalue weighted by Crippen LogP contribution is 2.21. The van der Waals surface area contributed by atoms with Crippen molar-refractivity contribution >= 4 is 23.7 Å². The zero-order chi connectivity index (χ0) is 18.0. The molecule has 2 aliphatic rings. The Morgan fingerprint density at radius 1 is 1.12 bits per heavy atom. The second-order valence-corrected chi connectivity index (χ2v) is 6.66. The number of likely N-dealkylation sites (tertiary alicyclic amines) is 1. The van der Waals surface area contributed by atoms with E-state index in [2.05, 4.69) is 14.9 Å². The van der Waals surface area contributed by atoms with Crippen molar-refractivity contribution in [2.45, 2.75) is 19.8 Å². The molecule has 0 radical (unpaired) electrons. The molecule has 2 saturated heterocycles. The van der Waals surface area contributed by atoms with Gasteiger partial charge in [-0.1, -0.05) is 0 Å². The molecule has 9 nitrogen and oxygen atoms in total. The molecule has 2 fully saturated rings. The van der Waals surface area contributed by atoms with Crippen LogP contribution in [0.25, 0.3) is 0 Å². The highest BCUT2D eigenvalue weighted by molar-refractivity contribution is 5.81. The normalized spacial score (nSPS) is 21.3. The van der Waals surface area contributed by atoms with Crippen LogP contribution in [0.2, 0.25) is 0 Å². The van der Waals surface area contributed by atoms with Crippen LogP contribution < -0.4 is 16.4 Å². The number of amides is 3. The Bertz CT molecular complexity index is 638. The van der Waals surface area contributed by atoms with E-state index in [0.29, 0.717) is 39.3 Å². The van der Waals surface area contributed by atoms with Crippen molar-refractivity contribution in [1.82, 2.24) is 19.8 Å². The summed E-state index contributed by atoms with van der Waals surface area (Å²) in [6.07, 6.45) is 1.63. The van der Waals surface area contributed by atoms with Gasteiger partial charge in [0.15, 0.2) is 0 Å². The third kappa shape index (κ3) is 3.92. The van der Waals surface area contributed by atoms with Gasteiger partial charge in [0.05, 0.1) is 5.92 Å². The van der Waals surface area contributed by atoms with Crippen LogP contribution in [0.1, 0.15) is 18.5 Å². The van der Waals surface area contributed by atoms with Gasteiger partial charge in [-0.2, -0.15) is 4.98 Å². The van der Waals surface area contributed by atoms with Crippen LogP contribution in [-0.4, -0.2) is 71.0 Å². The summed E-state index contributed by atoms with van der Waals surface area (Å²) in [6, 6.07) is 1.46. The largest absolute Gasteiger partial charge is 0.368 e. The summed E-state index contributed by atoms with van der Waals surface area (Å²) in [4.78, 5) is 38.0. The molecule has 3 heterocycles. The predicted octanol–water partition coefficient (Wildman–Crippen LogP) is -0.193. The Morgan fingerprint density at radius 3 is 2.48 bits per heavy atom. The first-order valence-electron chi connectivity index (χ1n) is 8.63. The summed E-state index contributed by atoms with van der Waals surface area (Å²) in [5, 5.41) is 0. The van der Waals surface area contributed by atoms with Crippen molar-refractivity contribution in [2.75, 3.05) is 49.9 Å². The Hall–Kier alpha value is -2.58. The molecule has 0 unspecified atom stereocenters. The predicted molar refractivity (Wildman–Crippen MR) is 93.9 cm³/mol. The number of nitrogen functional groups attached to an aromatic ring is 1. The van der Waals surface area contributed by atoms with Crippen molar-refractivity contribution < 1.29 is 9.59 Å². The van der Waals surface area contributed by atoms with Gasteiger partial charge in [-0.3, -0.25) is 4.79 Å². The zero-order valence-corrected chi connectivity index (χ0v) is 14.5. The Kier molecular flexibility index (Phi) is 4.91. The van der Waals surface area contributed by atoms with Crippen molar-refractivity contribution in [1.29, 1.82) is 0 Å². The number of hydrogen-bond acceptors (Lipinski definition) is 6. The molecule has 4 N–H and O–H groups in total. The molecule has 25 heavy (non-hydrogen) atoms. The molecule has 0 spiro atoms. The second kappa shape index (κ2) is 7.12. The molecule has 136 valence electrons. The van der Waals surface area contributed by atoms with E-state index in [1.165, 1.54) is 0 Å². The molecule has 3 rings (SSSR count). The van der Waals surface area contributed by atoms with Crippen molar-refractivity contribution in [2.24, 2.45) is 11.7 Å². The van der Waals surface area contributed by atoms with Crippen molar-refractivity contribution in [3.63, 3.8) is 0 Å². The fraction of sp³-hybridized carbons (Fsp3) is 0.625. The molecular formula is C16H25N7O2. The van der Waals surface area contributed by atoms with Crippen LogP contribution >= 0.6 is 0 Å². The average Bonchev–Trinajstić information content (AvgIpc) is 2.60. The van der Waals surface area contributed by atoms with Crippen LogP contribution in [0.15, 0.2) is 6.07 Å². The molecule has 1 atom stereocenters. The molecule has 0 bridgehead atoms. The summed E-state index contributed by atoms with van der Waals surface area (Å²) in [7, 11) is 0. The summed E-state index contributed by atoms with van der Waals surface area (Å²) in [5.41, 5.74) is 11.9. The lowest BCUT2D eigenvalue weighted by Gasteiger charge is -2.39. The number of nitrogens with zero attached hydrogens (tertiary/aromatic N) is 5. The van der Waals surface area contributed by atoms with E-state index >= 15 is 0 Å². The molecule has 9 heteroatoms. The molecule has 0 saturated carbocycles. The number of piperazine rings is 1. The summed E-state index contributed by atoms with van der Waals surface area (Å²) in [6.45, 7) is 5.62. The van der Waals surface area contributed by atoms with Gasteiger partial charge < -0.3 is 26.2 Å². The fourth-order valence-electron chi connectivity index (χ4n) is 3.53. The zero-order valence-electron chi connectivity index (χ0n) is 14.5.